The molecule has 0 unspecified atom stereocenters. The molecular weight excluding hydrogens is 432 g/mol. The van der Waals surface area contributed by atoms with Crippen LogP contribution in [0.3, 0.4) is 0 Å². The number of ether oxygens (including phenoxy) is 1. The van der Waals surface area contributed by atoms with Crippen LogP contribution in [-0.2, 0) is 14.6 Å². The monoisotopic (exact) mass is 456 g/mol. The van der Waals surface area contributed by atoms with Gasteiger partial charge in [0, 0.05) is 18.7 Å². The number of hydrogen-bond acceptors (Lipinski definition) is 6. The number of likely N-dealkylation sites (tertiary alicyclic amines) is 1. The quantitative estimate of drug-likeness (QED) is 0.391. The van der Waals surface area contributed by atoms with Crippen LogP contribution in [0.15, 0.2) is 59.5 Å². The van der Waals surface area contributed by atoms with E-state index in [1.807, 2.05) is 0 Å². The fraction of sp³-hybridized carbons (Fsp3) is 0.304. The van der Waals surface area contributed by atoms with Gasteiger partial charge in [-0.15, -0.1) is 5.92 Å². The van der Waals surface area contributed by atoms with Crippen LogP contribution in [0.1, 0.15) is 30.1 Å². The third-order valence-corrected chi connectivity index (χ3v) is 8.05. The number of sulfone groups is 1. The molecule has 9 heteroatoms. The molecule has 0 saturated carbocycles. The van der Waals surface area contributed by atoms with Gasteiger partial charge >= 0.3 is 0 Å². The van der Waals surface area contributed by atoms with E-state index in [4.69, 9.17) is 4.74 Å². The van der Waals surface area contributed by atoms with E-state index in [0.29, 0.717) is 11.3 Å². The van der Waals surface area contributed by atoms with E-state index in [1.54, 1.807) is 37.3 Å². The average molecular weight is 457 g/mol. The molecule has 3 rings (SSSR count). The van der Waals surface area contributed by atoms with Crippen molar-refractivity contribution in [2.75, 3.05) is 19.7 Å². The highest BCUT2D eigenvalue weighted by Crippen LogP contribution is 2.36. The van der Waals surface area contributed by atoms with Crippen LogP contribution in [0.25, 0.3) is 0 Å². The van der Waals surface area contributed by atoms with E-state index < -0.39 is 20.5 Å². The first-order valence-electron chi connectivity index (χ1n) is 10.0. The molecule has 0 bridgehead atoms. The van der Waals surface area contributed by atoms with Gasteiger partial charge in [-0.2, -0.15) is 0 Å². The normalized spacial score (nSPS) is 15.2. The number of hydrogen-bond donors (Lipinski definition) is 2. The molecule has 0 aliphatic carbocycles. The summed E-state index contributed by atoms with van der Waals surface area (Å²) >= 11 is 0. The summed E-state index contributed by atoms with van der Waals surface area (Å²) in [5.74, 6) is 4.63. The SMILES string of the molecule is CC#CCOc1ccc(S(=O)(=O)C2(C(=O)NO)CCN(C(=O)c3ccccc3)CC2)cc1. The van der Waals surface area contributed by atoms with Crippen LogP contribution in [0.2, 0.25) is 0 Å². The van der Waals surface area contributed by atoms with E-state index >= 15 is 0 Å². The van der Waals surface area contributed by atoms with Crippen molar-refractivity contribution in [3.05, 3.63) is 60.2 Å². The molecule has 0 radical (unpaired) electrons. The molecule has 0 spiro atoms. The van der Waals surface area contributed by atoms with Crippen LogP contribution in [0.4, 0.5) is 0 Å². The Balaban J connectivity index is 1.84. The summed E-state index contributed by atoms with van der Waals surface area (Å²) in [5.41, 5.74) is 2.00. The summed E-state index contributed by atoms with van der Waals surface area (Å²) in [6.07, 6.45) is -0.296. The fourth-order valence-corrected chi connectivity index (χ4v) is 5.64. The van der Waals surface area contributed by atoms with Crippen LogP contribution < -0.4 is 10.2 Å². The van der Waals surface area contributed by atoms with Crippen LogP contribution in [-0.4, -0.2) is 54.8 Å². The fourth-order valence-electron chi connectivity index (χ4n) is 3.69. The Bertz CT molecular complexity index is 1130. The predicted molar refractivity (Wildman–Crippen MR) is 117 cm³/mol. The highest BCUT2D eigenvalue weighted by Gasteiger charge is 2.53. The number of nitrogens with one attached hydrogen (secondary N) is 1. The van der Waals surface area contributed by atoms with Gasteiger partial charge in [0.05, 0.1) is 4.90 Å². The number of carbonyl (C=O) groups is 2. The van der Waals surface area contributed by atoms with Gasteiger partial charge in [0.25, 0.3) is 11.8 Å². The maximum atomic E-state index is 13.5. The molecule has 0 aromatic heterocycles. The Morgan fingerprint density at radius 1 is 1.09 bits per heavy atom. The van der Waals surface area contributed by atoms with Crippen LogP contribution >= 0.6 is 0 Å². The molecule has 2 aromatic carbocycles. The zero-order valence-electron chi connectivity index (χ0n) is 17.6. The Kier molecular flexibility index (Phi) is 7.18. The highest BCUT2D eigenvalue weighted by molar-refractivity contribution is 7.93. The molecule has 1 aliphatic heterocycles. The topological polar surface area (TPSA) is 113 Å². The summed E-state index contributed by atoms with van der Waals surface area (Å²) in [6, 6.07) is 14.3. The number of benzene rings is 2. The minimum atomic E-state index is -4.18. The van der Waals surface area contributed by atoms with Gasteiger partial charge < -0.3 is 9.64 Å². The molecule has 8 nitrogen and oxygen atoms in total. The highest BCUT2D eigenvalue weighted by atomic mass is 32.2. The largest absolute Gasteiger partial charge is 0.481 e. The number of nitrogens with zero attached hydrogens (tertiary/aromatic N) is 1. The van der Waals surface area contributed by atoms with E-state index in [-0.39, 0.29) is 43.3 Å². The molecule has 1 saturated heterocycles. The lowest BCUT2D eigenvalue weighted by atomic mass is 9.94. The maximum absolute atomic E-state index is 13.5. The zero-order chi connectivity index (χ0) is 23.2. The Hall–Kier alpha value is -3.35. The van der Waals surface area contributed by atoms with Crippen LogP contribution in [0, 0.1) is 11.8 Å². The second-order valence-electron chi connectivity index (χ2n) is 7.28. The molecule has 1 fully saturated rings. The summed E-state index contributed by atoms with van der Waals surface area (Å²) in [7, 11) is -4.18. The molecular formula is C23H24N2O6S. The van der Waals surface area contributed by atoms with Crippen molar-refractivity contribution in [2.24, 2.45) is 0 Å². The first kappa shape index (κ1) is 23.3. The van der Waals surface area contributed by atoms with E-state index in [1.165, 1.54) is 34.6 Å². The van der Waals surface area contributed by atoms with Crippen molar-refractivity contribution in [3.8, 4) is 17.6 Å². The molecule has 2 amide bonds. The average Bonchev–Trinajstić information content (AvgIpc) is 2.84. The second kappa shape index (κ2) is 9.85. The van der Waals surface area contributed by atoms with Gasteiger partial charge in [-0.25, -0.2) is 13.9 Å². The third kappa shape index (κ3) is 4.47. The second-order valence-corrected chi connectivity index (χ2v) is 9.54. The standard InChI is InChI=1S/C23H24N2O6S/c1-2-3-17-31-19-9-11-20(12-10-19)32(29,30)23(22(27)24-28)13-15-25(16-14-23)21(26)18-7-5-4-6-8-18/h4-12,28H,13-17H2,1H3,(H,24,27). The van der Waals surface area contributed by atoms with Crippen molar-refractivity contribution in [1.29, 1.82) is 0 Å². The van der Waals surface area contributed by atoms with Crippen molar-refractivity contribution in [3.63, 3.8) is 0 Å². The summed E-state index contributed by atoms with van der Waals surface area (Å²) in [6.45, 7) is 1.96. The van der Waals surface area contributed by atoms with Crippen LogP contribution in [0.5, 0.6) is 5.75 Å². The Morgan fingerprint density at radius 2 is 1.72 bits per heavy atom. The van der Waals surface area contributed by atoms with Crippen molar-refractivity contribution in [1.82, 2.24) is 10.4 Å². The molecule has 0 atom stereocenters. The lowest BCUT2D eigenvalue weighted by Gasteiger charge is -2.39. The summed E-state index contributed by atoms with van der Waals surface area (Å²) in [4.78, 5) is 26.8. The molecule has 1 aliphatic rings. The lowest BCUT2D eigenvalue weighted by molar-refractivity contribution is -0.133. The van der Waals surface area contributed by atoms with Crippen molar-refractivity contribution in [2.45, 2.75) is 29.4 Å². The first-order valence-corrected chi connectivity index (χ1v) is 11.5. The number of amides is 2. The van der Waals surface area contributed by atoms with E-state index in [9.17, 15) is 23.2 Å². The van der Waals surface area contributed by atoms with Gasteiger partial charge in [-0.05, 0) is 56.2 Å². The summed E-state index contributed by atoms with van der Waals surface area (Å²) in [5, 5.41) is 9.30. The maximum Gasteiger partial charge on any atom is 0.265 e. The van der Waals surface area contributed by atoms with Gasteiger partial charge in [0.1, 0.15) is 12.4 Å². The molecule has 2 aromatic rings. The third-order valence-electron chi connectivity index (χ3n) is 5.53. The number of piperidine rings is 1. The van der Waals surface area contributed by atoms with Crippen molar-refractivity contribution >= 4 is 21.7 Å². The van der Waals surface area contributed by atoms with Crippen molar-refractivity contribution < 1.29 is 28.0 Å². The van der Waals surface area contributed by atoms with E-state index in [2.05, 4.69) is 11.8 Å². The Morgan fingerprint density at radius 3 is 2.28 bits per heavy atom. The molecule has 2 N–H and O–H groups in total. The van der Waals surface area contributed by atoms with Gasteiger partial charge in [0.15, 0.2) is 14.6 Å². The zero-order valence-corrected chi connectivity index (χ0v) is 18.4. The molecule has 32 heavy (non-hydrogen) atoms. The number of rotatable bonds is 6. The van der Waals surface area contributed by atoms with Gasteiger partial charge in [-0.1, -0.05) is 24.1 Å². The number of hydroxylamine groups is 1. The van der Waals surface area contributed by atoms with Gasteiger partial charge in [-0.3, -0.25) is 14.8 Å². The molecule has 168 valence electrons. The Labute approximate surface area is 187 Å². The summed E-state index contributed by atoms with van der Waals surface area (Å²) < 4.78 is 30.5. The first-order chi connectivity index (χ1) is 15.4. The minimum absolute atomic E-state index is 0.0528. The predicted octanol–water partition coefficient (Wildman–Crippen LogP) is 2.04. The smallest absolute Gasteiger partial charge is 0.265 e. The minimum Gasteiger partial charge on any atom is -0.481 e. The molecule has 1 heterocycles. The lowest BCUT2D eigenvalue weighted by Crippen LogP contribution is -2.58. The van der Waals surface area contributed by atoms with E-state index in [0.717, 1.165) is 0 Å². The van der Waals surface area contributed by atoms with Gasteiger partial charge in [0.2, 0.25) is 0 Å². The number of carbonyl (C=O) groups excluding carboxylic acids is 2.